The van der Waals surface area contributed by atoms with Crippen molar-refractivity contribution in [1.29, 1.82) is 0 Å². The average Bonchev–Trinajstić information content (AvgIpc) is 1.54. The van der Waals surface area contributed by atoms with Crippen LogP contribution in [-0.2, 0) is 26.7 Å². The molecule has 1 radical (unpaired) electrons. The van der Waals surface area contributed by atoms with E-state index in [9.17, 15) is 0 Å². The van der Waals surface area contributed by atoms with E-state index < -0.39 is 11.9 Å². The van der Waals surface area contributed by atoms with Gasteiger partial charge in [-0.2, -0.15) is 0 Å². The van der Waals surface area contributed by atoms with Gasteiger partial charge in [-0.25, -0.2) is 0 Å². The van der Waals surface area contributed by atoms with Crippen LogP contribution in [0.2, 0.25) is 0 Å². The van der Waals surface area contributed by atoms with E-state index in [-0.39, 0.29) is 23.2 Å². The van der Waals surface area contributed by atoms with Gasteiger partial charge in [0.2, 0.25) is 0 Å². The molecule has 0 aliphatic carbocycles. The number of aliphatic carboxylic acids is 2. The van der Waals surface area contributed by atoms with Crippen molar-refractivity contribution in [2.24, 2.45) is 0 Å². The molecular formula is C7H14CuO5. The Morgan fingerprint density at radius 2 is 1.08 bits per heavy atom. The third-order valence-electron chi connectivity index (χ3n) is 0. The second-order valence-corrected chi connectivity index (χ2v) is 2.08. The van der Waals surface area contributed by atoms with Crippen LogP contribution in [0.25, 0.3) is 0 Å². The molecule has 1 N–H and O–H groups in total. The summed E-state index contributed by atoms with van der Waals surface area (Å²) < 4.78 is 0. The van der Waals surface area contributed by atoms with E-state index in [2.05, 4.69) is 0 Å². The van der Waals surface area contributed by atoms with Crippen molar-refractivity contribution in [1.82, 2.24) is 0 Å². The molecule has 13 heavy (non-hydrogen) atoms. The molecule has 0 saturated heterocycles. The molecule has 0 aliphatic heterocycles. The van der Waals surface area contributed by atoms with Gasteiger partial charge in [0, 0.05) is 18.0 Å². The van der Waals surface area contributed by atoms with Crippen LogP contribution in [0.1, 0.15) is 27.7 Å². The molecule has 0 spiro atoms. The Hall–Kier alpha value is -0.581. The summed E-state index contributed by atoms with van der Waals surface area (Å²) in [6, 6.07) is 0. The quantitative estimate of drug-likeness (QED) is 0.490. The van der Waals surface area contributed by atoms with Crippen LogP contribution in [0.15, 0.2) is 0 Å². The largest absolute Gasteiger partial charge is 2.00 e. The molecule has 0 unspecified atom stereocenters. The maximum Gasteiger partial charge on any atom is 2.00 e. The average molecular weight is 242 g/mol. The number of hydrogen-bond donors (Lipinski definition) is 1. The number of aliphatic hydroxyl groups is 1. The van der Waals surface area contributed by atoms with E-state index in [0.717, 1.165) is 13.8 Å². The molecule has 0 bridgehead atoms. The summed E-state index contributed by atoms with van der Waals surface area (Å²) in [7, 11) is 0. The fraction of sp³-hybridized carbons (Fsp3) is 0.714. The van der Waals surface area contributed by atoms with Crippen molar-refractivity contribution in [3.05, 3.63) is 0 Å². The molecule has 0 rings (SSSR count). The first kappa shape index (κ1) is 22.8. The van der Waals surface area contributed by atoms with Gasteiger partial charge >= 0.3 is 17.1 Å². The second kappa shape index (κ2) is 17.5. The van der Waals surface area contributed by atoms with Gasteiger partial charge in [0.25, 0.3) is 0 Å². The third kappa shape index (κ3) is 3010. The number of hydrogen-bond acceptors (Lipinski definition) is 5. The maximum absolute atomic E-state index is 8.89. The minimum Gasteiger partial charge on any atom is -0.550 e. The topological polar surface area (TPSA) is 100 Å². The number of aliphatic hydroxyl groups excluding tert-OH is 1. The van der Waals surface area contributed by atoms with Crippen LogP contribution in [0.3, 0.4) is 0 Å². The van der Waals surface area contributed by atoms with Gasteiger partial charge in [-0.3, -0.25) is 0 Å². The Morgan fingerprint density at radius 1 is 1.08 bits per heavy atom. The molecule has 0 atom stereocenters. The van der Waals surface area contributed by atoms with E-state index in [1.807, 2.05) is 0 Å². The van der Waals surface area contributed by atoms with Gasteiger partial charge in [-0.1, -0.05) is 0 Å². The first-order valence-corrected chi connectivity index (χ1v) is 3.23. The second-order valence-electron chi connectivity index (χ2n) is 2.08. The summed E-state index contributed by atoms with van der Waals surface area (Å²) in [6.07, 6.45) is -0.167. The summed E-state index contributed by atoms with van der Waals surface area (Å²) in [5.74, 6) is -2.17. The fourth-order valence-corrected chi connectivity index (χ4v) is 0. The van der Waals surface area contributed by atoms with Crippen LogP contribution >= 0.6 is 0 Å². The van der Waals surface area contributed by atoms with Gasteiger partial charge in [-0.15, -0.1) is 0 Å². The number of rotatable bonds is 0. The maximum atomic E-state index is 8.89. The molecular weight excluding hydrogens is 228 g/mol. The Bertz CT molecular complexity index is 101. The van der Waals surface area contributed by atoms with Crippen LogP contribution in [0.5, 0.6) is 0 Å². The van der Waals surface area contributed by atoms with E-state index in [1.54, 1.807) is 13.8 Å². The predicted molar refractivity (Wildman–Crippen MR) is 38.7 cm³/mol. The van der Waals surface area contributed by atoms with Gasteiger partial charge in [-0.05, 0) is 27.7 Å². The molecule has 6 heteroatoms. The summed E-state index contributed by atoms with van der Waals surface area (Å²) in [6.45, 7) is 5.39. The van der Waals surface area contributed by atoms with E-state index >= 15 is 0 Å². The minimum absolute atomic E-state index is 0. The van der Waals surface area contributed by atoms with Crippen molar-refractivity contribution in [2.45, 2.75) is 33.8 Å². The van der Waals surface area contributed by atoms with E-state index in [1.165, 1.54) is 0 Å². The number of carboxylic acid groups (broad SMARTS) is 2. The molecule has 0 aromatic rings. The van der Waals surface area contributed by atoms with Crippen LogP contribution in [0.4, 0.5) is 0 Å². The van der Waals surface area contributed by atoms with E-state index in [0.29, 0.717) is 0 Å². The Balaban J connectivity index is -0.0000000450. The predicted octanol–water partition coefficient (Wildman–Crippen LogP) is -2.10. The normalized spacial score (nSPS) is 6.62. The number of carbonyl (C=O) groups is 2. The Morgan fingerprint density at radius 3 is 1.08 bits per heavy atom. The molecule has 83 valence electrons. The Labute approximate surface area is 88.2 Å². The molecule has 5 nitrogen and oxygen atoms in total. The minimum atomic E-state index is -1.08. The first-order chi connectivity index (χ1) is 5.20. The zero-order chi connectivity index (χ0) is 10.7. The standard InChI is InChI=1S/C3H8O.2C2H4O2.Cu/c1-3(2)4;2*1-2(3)4;/h3-4H,1-2H3;2*1H3,(H,3,4);/q;;;+2/p-2. The molecule has 0 amide bonds. The summed E-state index contributed by atoms with van der Waals surface area (Å²) in [4.78, 5) is 17.8. The summed E-state index contributed by atoms with van der Waals surface area (Å²) in [5, 5.41) is 25.8. The van der Waals surface area contributed by atoms with Gasteiger partial charge in [0.15, 0.2) is 0 Å². The Kier molecular flexibility index (Phi) is 30.7. The smallest absolute Gasteiger partial charge is 0.550 e. The van der Waals surface area contributed by atoms with Crippen LogP contribution in [0, 0.1) is 0 Å². The number of carboxylic acids is 2. The summed E-state index contributed by atoms with van der Waals surface area (Å²) >= 11 is 0. The van der Waals surface area contributed by atoms with Crippen LogP contribution in [-0.4, -0.2) is 23.1 Å². The SMILES string of the molecule is CC(=O)[O-].CC(=O)[O-].CC(C)O.[Cu+2]. The molecule has 0 fully saturated rings. The number of carbonyl (C=O) groups excluding carboxylic acids is 2. The zero-order valence-corrected chi connectivity index (χ0v) is 8.90. The van der Waals surface area contributed by atoms with Crippen molar-refractivity contribution in [3.8, 4) is 0 Å². The van der Waals surface area contributed by atoms with Crippen molar-refractivity contribution >= 4 is 11.9 Å². The van der Waals surface area contributed by atoms with Gasteiger partial charge in [0.05, 0.1) is 0 Å². The van der Waals surface area contributed by atoms with Crippen molar-refractivity contribution < 1.29 is 42.0 Å². The zero-order valence-electron chi connectivity index (χ0n) is 7.96. The summed E-state index contributed by atoms with van der Waals surface area (Å²) in [5.41, 5.74) is 0. The van der Waals surface area contributed by atoms with Crippen molar-refractivity contribution in [3.63, 3.8) is 0 Å². The fourth-order valence-electron chi connectivity index (χ4n) is 0. The molecule has 0 aliphatic rings. The monoisotopic (exact) mass is 241 g/mol. The molecule has 0 aromatic heterocycles. The molecule has 0 heterocycles. The molecule has 0 saturated carbocycles. The van der Waals surface area contributed by atoms with Crippen LogP contribution < -0.4 is 10.2 Å². The third-order valence-corrected chi connectivity index (χ3v) is 0. The molecule has 0 aromatic carbocycles. The van der Waals surface area contributed by atoms with Gasteiger partial charge < -0.3 is 24.9 Å². The van der Waals surface area contributed by atoms with Gasteiger partial charge in [0.1, 0.15) is 0 Å². The first-order valence-electron chi connectivity index (χ1n) is 3.23. The van der Waals surface area contributed by atoms with Crippen molar-refractivity contribution in [2.75, 3.05) is 0 Å². The van der Waals surface area contributed by atoms with E-state index in [4.69, 9.17) is 24.9 Å².